The molecule has 0 aromatic carbocycles. The third kappa shape index (κ3) is 4.75. The van der Waals surface area contributed by atoms with E-state index in [9.17, 15) is 4.79 Å². The molecule has 0 saturated heterocycles. The Bertz CT molecular complexity index is 139. The van der Waals surface area contributed by atoms with Crippen molar-refractivity contribution in [3.8, 4) is 0 Å². The number of carbonyl (C=O) groups is 1. The summed E-state index contributed by atoms with van der Waals surface area (Å²) in [6.07, 6.45) is 0. The zero-order valence-corrected chi connectivity index (χ0v) is 7.35. The van der Waals surface area contributed by atoms with Crippen LogP contribution in [0.25, 0.3) is 0 Å². The number of amides is 1. The molecule has 66 valence electrons. The van der Waals surface area contributed by atoms with Crippen LogP contribution in [0.15, 0.2) is 0 Å². The largest absolute Gasteiger partial charge is 0.350 e. The minimum Gasteiger partial charge on any atom is -0.350 e. The van der Waals surface area contributed by atoms with Gasteiger partial charge in [0.1, 0.15) is 0 Å². The fraction of sp³-hybridized carbons (Fsp3) is 0.857. The van der Waals surface area contributed by atoms with Crippen molar-refractivity contribution in [2.24, 2.45) is 11.5 Å². The third-order valence-corrected chi connectivity index (χ3v) is 1.09. The van der Waals surface area contributed by atoms with E-state index in [4.69, 9.17) is 11.5 Å². The van der Waals surface area contributed by atoms with Crippen molar-refractivity contribution in [2.75, 3.05) is 6.54 Å². The second kappa shape index (κ2) is 3.69. The first-order valence-corrected chi connectivity index (χ1v) is 3.64. The molecule has 1 atom stereocenters. The van der Waals surface area contributed by atoms with Crippen molar-refractivity contribution in [2.45, 2.75) is 32.4 Å². The highest BCUT2D eigenvalue weighted by Gasteiger charge is 2.17. The van der Waals surface area contributed by atoms with Gasteiger partial charge in [0.2, 0.25) is 5.91 Å². The topological polar surface area (TPSA) is 81.1 Å². The molecule has 0 aliphatic carbocycles. The molecule has 0 rings (SSSR count). The lowest BCUT2D eigenvalue weighted by atomic mass is 10.1. The standard InChI is InChI=1S/C7H17N3O/c1-7(2,3)10-6(11)5(9)4-8/h5H,4,8-9H2,1-3H3,(H,10,11)/t5-/m0/s1. The quantitative estimate of drug-likeness (QED) is 0.493. The molecule has 0 aromatic heterocycles. The van der Waals surface area contributed by atoms with E-state index in [2.05, 4.69) is 5.32 Å². The minimum atomic E-state index is -0.589. The molecule has 11 heavy (non-hydrogen) atoms. The van der Waals surface area contributed by atoms with Crippen LogP contribution in [0.4, 0.5) is 0 Å². The predicted octanol–water partition coefficient (Wildman–Crippen LogP) is -0.813. The van der Waals surface area contributed by atoms with Gasteiger partial charge in [-0.25, -0.2) is 0 Å². The highest BCUT2D eigenvalue weighted by atomic mass is 16.2. The average Bonchev–Trinajstić information content (AvgIpc) is 1.82. The summed E-state index contributed by atoms with van der Waals surface area (Å²) in [4.78, 5) is 11.1. The highest BCUT2D eigenvalue weighted by molar-refractivity contribution is 5.82. The van der Waals surface area contributed by atoms with Crippen molar-refractivity contribution in [3.63, 3.8) is 0 Å². The van der Waals surface area contributed by atoms with Gasteiger partial charge in [0, 0.05) is 12.1 Å². The first-order chi connectivity index (χ1) is 4.87. The van der Waals surface area contributed by atoms with E-state index in [1.807, 2.05) is 20.8 Å². The molecule has 0 saturated carbocycles. The average molecular weight is 159 g/mol. The lowest BCUT2D eigenvalue weighted by molar-refractivity contribution is -0.123. The zero-order chi connectivity index (χ0) is 9.07. The summed E-state index contributed by atoms with van der Waals surface area (Å²) in [5.74, 6) is -0.194. The van der Waals surface area contributed by atoms with Crippen LogP contribution in [-0.4, -0.2) is 24.0 Å². The maximum absolute atomic E-state index is 11.1. The number of nitrogens with one attached hydrogen (secondary N) is 1. The smallest absolute Gasteiger partial charge is 0.238 e. The molecule has 0 aromatic rings. The maximum atomic E-state index is 11.1. The van der Waals surface area contributed by atoms with E-state index in [-0.39, 0.29) is 18.0 Å². The van der Waals surface area contributed by atoms with E-state index in [1.54, 1.807) is 0 Å². The van der Waals surface area contributed by atoms with Gasteiger partial charge < -0.3 is 16.8 Å². The Labute approximate surface area is 67.3 Å². The van der Waals surface area contributed by atoms with Gasteiger partial charge in [0.05, 0.1) is 6.04 Å². The Balaban J connectivity index is 3.88. The van der Waals surface area contributed by atoms with Gasteiger partial charge in [-0.2, -0.15) is 0 Å². The molecule has 0 heterocycles. The van der Waals surface area contributed by atoms with Crippen molar-refractivity contribution in [3.05, 3.63) is 0 Å². The highest BCUT2D eigenvalue weighted by Crippen LogP contribution is 1.98. The van der Waals surface area contributed by atoms with Crippen molar-refractivity contribution >= 4 is 5.91 Å². The summed E-state index contributed by atoms with van der Waals surface area (Å²) in [6, 6.07) is -0.589. The lowest BCUT2D eigenvalue weighted by Gasteiger charge is -2.22. The van der Waals surface area contributed by atoms with E-state index in [0.29, 0.717) is 0 Å². The Morgan fingerprint density at radius 2 is 2.00 bits per heavy atom. The summed E-state index contributed by atoms with van der Waals surface area (Å²) in [7, 11) is 0. The van der Waals surface area contributed by atoms with Crippen molar-refractivity contribution in [1.29, 1.82) is 0 Å². The van der Waals surface area contributed by atoms with Gasteiger partial charge in [-0.3, -0.25) is 4.79 Å². The Morgan fingerprint density at radius 1 is 1.55 bits per heavy atom. The predicted molar refractivity (Wildman–Crippen MR) is 44.9 cm³/mol. The molecular formula is C7H17N3O. The molecule has 0 bridgehead atoms. The Morgan fingerprint density at radius 3 is 2.27 bits per heavy atom. The van der Waals surface area contributed by atoms with E-state index in [0.717, 1.165) is 0 Å². The van der Waals surface area contributed by atoms with E-state index < -0.39 is 6.04 Å². The normalized spacial score (nSPS) is 14.3. The fourth-order valence-electron chi connectivity index (χ4n) is 0.569. The molecule has 4 nitrogen and oxygen atoms in total. The van der Waals surface area contributed by atoms with Gasteiger partial charge >= 0.3 is 0 Å². The van der Waals surface area contributed by atoms with Gasteiger partial charge in [-0.1, -0.05) is 0 Å². The molecule has 0 aliphatic rings. The second-order valence-corrected chi connectivity index (χ2v) is 3.58. The number of nitrogens with two attached hydrogens (primary N) is 2. The second-order valence-electron chi connectivity index (χ2n) is 3.58. The molecule has 4 heteroatoms. The first-order valence-electron chi connectivity index (χ1n) is 3.64. The Hall–Kier alpha value is -0.610. The van der Waals surface area contributed by atoms with Crippen LogP contribution in [0.3, 0.4) is 0 Å². The van der Waals surface area contributed by atoms with Gasteiger partial charge in [0.25, 0.3) is 0 Å². The molecular weight excluding hydrogens is 142 g/mol. The van der Waals surface area contributed by atoms with Crippen molar-refractivity contribution < 1.29 is 4.79 Å². The molecule has 0 aliphatic heterocycles. The minimum absolute atomic E-state index is 0.182. The number of carbonyl (C=O) groups excluding carboxylic acids is 1. The van der Waals surface area contributed by atoms with Crippen LogP contribution in [-0.2, 0) is 4.79 Å². The monoisotopic (exact) mass is 159 g/mol. The van der Waals surface area contributed by atoms with E-state index >= 15 is 0 Å². The van der Waals surface area contributed by atoms with Crippen LogP contribution >= 0.6 is 0 Å². The summed E-state index contributed by atoms with van der Waals surface area (Å²) in [6.45, 7) is 5.87. The first kappa shape index (κ1) is 10.4. The van der Waals surface area contributed by atoms with Gasteiger partial charge in [-0.15, -0.1) is 0 Å². The SMILES string of the molecule is CC(C)(C)NC(=O)[C@@H](N)CN. The fourth-order valence-corrected chi connectivity index (χ4v) is 0.569. The molecule has 0 radical (unpaired) electrons. The van der Waals surface area contributed by atoms with Crippen LogP contribution < -0.4 is 16.8 Å². The van der Waals surface area contributed by atoms with Crippen LogP contribution in [0.1, 0.15) is 20.8 Å². The summed E-state index contributed by atoms with van der Waals surface area (Å²) in [5, 5.41) is 2.73. The van der Waals surface area contributed by atoms with Gasteiger partial charge in [0.15, 0.2) is 0 Å². The third-order valence-electron chi connectivity index (χ3n) is 1.09. The molecule has 5 N–H and O–H groups in total. The number of hydrogen-bond donors (Lipinski definition) is 3. The van der Waals surface area contributed by atoms with Crippen molar-refractivity contribution in [1.82, 2.24) is 5.32 Å². The van der Waals surface area contributed by atoms with Crippen LogP contribution in [0.5, 0.6) is 0 Å². The van der Waals surface area contributed by atoms with Crippen LogP contribution in [0, 0.1) is 0 Å². The Kier molecular flexibility index (Phi) is 3.48. The summed E-state index contributed by atoms with van der Waals surface area (Å²) < 4.78 is 0. The number of rotatable bonds is 2. The van der Waals surface area contributed by atoms with Gasteiger partial charge in [-0.05, 0) is 20.8 Å². The molecule has 0 fully saturated rings. The summed E-state index contributed by atoms with van der Waals surface area (Å²) in [5.41, 5.74) is 10.4. The van der Waals surface area contributed by atoms with Crippen LogP contribution in [0.2, 0.25) is 0 Å². The maximum Gasteiger partial charge on any atom is 0.238 e. The van der Waals surface area contributed by atoms with E-state index in [1.165, 1.54) is 0 Å². The molecule has 0 spiro atoms. The molecule has 1 amide bonds. The lowest BCUT2D eigenvalue weighted by Crippen LogP contribution is -2.51. The molecule has 0 unspecified atom stereocenters. The summed E-state index contributed by atoms with van der Waals surface area (Å²) >= 11 is 0. The zero-order valence-electron chi connectivity index (χ0n) is 7.35. The number of hydrogen-bond acceptors (Lipinski definition) is 3.